The van der Waals surface area contributed by atoms with Crippen LogP contribution in [-0.2, 0) is 0 Å². The summed E-state index contributed by atoms with van der Waals surface area (Å²) in [4.78, 5) is 4.04. The molecule has 0 spiro atoms. The summed E-state index contributed by atoms with van der Waals surface area (Å²) in [7, 11) is 0. The molecule has 0 atom stereocenters. The Morgan fingerprint density at radius 3 is 3.00 bits per heavy atom. The Bertz CT molecular complexity index is 550. The van der Waals surface area contributed by atoms with Crippen molar-refractivity contribution in [2.75, 3.05) is 11.2 Å². The summed E-state index contributed by atoms with van der Waals surface area (Å²) in [6, 6.07) is 6.03. The van der Waals surface area contributed by atoms with Crippen molar-refractivity contribution in [2.45, 2.75) is 6.92 Å². The molecule has 0 aliphatic rings. The van der Waals surface area contributed by atoms with E-state index in [1.54, 1.807) is 11.6 Å². The molecule has 0 saturated carbocycles. The molecule has 17 heavy (non-hydrogen) atoms. The molecule has 1 heterocycles. The third-order valence-corrected chi connectivity index (χ3v) is 3.73. The highest BCUT2D eigenvalue weighted by molar-refractivity contribution is 9.10. The second-order valence-corrected chi connectivity index (χ2v) is 5.17. The van der Waals surface area contributed by atoms with Gasteiger partial charge >= 0.3 is 0 Å². The minimum Gasteiger partial charge on any atom is -0.383 e. The van der Waals surface area contributed by atoms with Gasteiger partial charge in [0.2, 0.25) is 5.13 Å². The van der Waals surface area contributed by atoms with Crippen LogP contribution in [0.4, 0.5) is 10.9 Å². The van der Waals surface area contributed by atoms with Crippen LogP contribution in [0.15, 0.2) is 33.2 Å². The summed E-state index contributed by atoms with van der Waals surface area (Å²) in [6.45, 7) is 2.04. The van der Waals surface area contributed by atoms with Crippen molar-refractivity contribution in [1.29, 1.82) is 0 Å². The molecule has 2 rings (SSSR count). The zero-order valence-corrected chi connectivity index (χ0v) is 11.5. The van der Waals surface area contributed by atoms with Crippen molar-refractivity contribution in [3.63, 3.8) is 0 Å². The number of halogens is 1. The molecule has 3 N–H and O–H groups in total. The lowest BCUT2D eigenvalue weighted by Gasteiger charge is -1.99. The topological polar surface area (TPSA) is 63.3 Å². The first kappa shape index (κ1) is 12.1. The largest absolute Gasteiger partial charge is 0.383 e. The van der Waals surface area contributed by atoms with E-state index in [0.29, 0.717) is 10.9 Å². The number of benzene rings is 1. The number of anilines is 2. The van der Waals surface area contributed by atoms with Crippen LogP contribution in [-0.4, -0.2) is 11.2 Å². The average Bonchev–Trinajstić information content (AvgIpc) is 2.70. The fourth-order valence-corrected chi connectivity index (χ4v) is 2.04. The molecule has 1 aromatic heterocycles. The maximum Gasteiger partial charge on any atom is 0.205 e. The van der Waals surface area contributed by atoms with Crippen LogP contribution in [0.3, 0.4) is 0 Å². The van der Waals surface area contributed by atoms with Gasteiger partial charge in [0.1, 0.15) is 5.82 Å². The maximum absolute atomic E-state index is 5.50. The van der Waals surface area contributed by atoms with Gasteiger partial charge in [-0.3, -0.25) is 5.43 Å². The first-order chi connectivity index (χ1) is 8.15. The number of aryl methyl sites for hydroxylation is 1. The summed E-state index contributed by atoms with van der Waals surface area (Å²) in [5.41, 5.74) is 10.5. The average molecular weight is 311 g/mol. The van der Waals surface area contributed by atoms with Crippen LogP contribution in [0.2, 0.25) is 0 Å². The number of rotatable bonds is 3. The minimum atomic E-state index is 0.507. The van der Waals surface area contributed by atoms with E-state index >= 15 is 0 Å². The first-order valence-electron chi connectivity index (χ1n) is 4.91. The van der Waals surface area contributed by atoms with Crippen molar-refractivity contribution < 1.29 is 0 Å². The third kappa shape index (κ3) is 3.28. The lowest BCUT2D eigenvalue weighted by Crippen LogP contribution is -1.91. The van der Waals surface area contributed by atoms with Gasteiger partial charge in [0.05, 0.1) is 6.21 Å². The van der Waals surface area contributed by atoms with Gasteiger partial charge in [-0.05, 0) is 30.2 Å². The Kier molecular flexibility index (Phi) is 3.75. The number of hydrogen-bond acceptors (Lipinski definition) is 5. The normalized spacial score (nSPS) is 10.9. The van der Waals surface area contributed by atoms with Crippen LogP contribution in [0.25, 0.3) is 0 Å². The molecule has 4 nitrogen and oxygen atoms in total. The fourth-order valence-electron chi connectivity index (χ4n) is 1.25. The smallest absolute Gasteiger partial charge is 0.205 e. The van der Waals surface area contributed by atoms with Gasteiger partial charge in [0.25, 0.3) is 0 Å². The molecule has 0 amide bonds. The molecule has 0 bridgehead atoms. The highest BCUT2D eigenvalue weighted by Crippen LogP contribution is 2.17. The van der Waals surface area contributed by atoms with Crippen molar-refractivity contribution in [1.82, 2.24) is 4.98 Å². The molecule has 88 valence electrons. The number of nitrogens with two attached hydrogens (primary N) is 1. The monoisotopic (exact) mass is 310 g/mol. The standard InChI is InChI=1S/C11H11BrN4S/c1-7-4-8(2-3-9(7)12)5-14-16-11-15-10(13)6-17-11/h2-6H,13H2,1H3,(H,15,16). The Morgan fingerprint density at radius 2 is 2.35 bits per heavy atom. The first-order valence-corrected chi connectivity index (χ1v) is 6.58. The van der Waals surface area contributed by atoms with Gasteiger partial charge in [-0.1, -0.05) is 22.0 Å². The lowest BCUT2D eigenvalue weighted by molar-refractivity contribution is 1.29. The van der Waals surface area contributed by atoms with Gasteiger partial charge < -0.3 is 5.73 Å². The van der Waals surface area contributed by atoms with Gasteiger partial charge in [-0.2, -0.15) is 5.10 Å². The van der Waals surface area contributed by atoms with E-state index in [4.69, 9.17) is 5.73 Å². The number of nitrogen functional groups attached to an aromatic ring is 1. The molecule has 2 aromatic rings. The maximum atomic E-state index is 5.50. The Morgan fingerprint density at radius 1 is 1.53 bits per heavy atom. The lowest BCUT2D eigenvalue weighted by atomic mass is 10.2. The molecular weight excluding hydrogens is 300 g/mol. The van der Waals surface area contributed by atoms with Gasteiger partial charge in [0.15, 0.2) is 0 Å². The van der Waals surface area contributed by atoms with E-state index in [9.17, 15) is 0 Å². The molecule has 6 heteroatoms. The third-order valence-electron chi connectivity index (χ3n) is 2.08. The predicted molar refractivity (Wildman–Crippen MR) is 76.6 cm³/mol. The molecule has 0 aliphatic carbocycles. The highest BCUT2D eigenvalue weighted by atomic mass is 79.9. The molecule has 0 radical (unpaired) electrons. The van der Waals surface area contributed by atoms with Crippen molar-refractivity contribution in [3.8, 4) is 0 Å². The number of thiazole rings is 1. The summed E-state index contributed by atoms with van der Waals surface area (Å²) >= 11 is 4.88. The highest BCUT2D eigenvalue weighted by Gasteiger charge is 1.96. The molecule has 0 aliphatic heterocycles. The molecule has 1 aromatic carbocycles. The van der Waals surface area contributed by atoms with E-state index in [1.807, 2.05) is 25.1 Å². The zero-order chi connectivity index (χ0) is 12.3. The SMILES string of the molecule is Cc1cc(C=NNc2nc(N)cs2)ccc1Br. The van der Waals surface area contributed by atoms with Crippen molar-refractivity contribution in [2.24, 2.45) is 5.10 Å². The quantitative estimate of drug-likeness (QED) is 0.675. The minimum absolute atomic E-state index is 0.507. The molecule has 0 fully saturated rings. The zero-order valence-electron chi connectivity index (χ0n) is 9.14. The number of nitrogens with zero attached hydrogens (tertiary/aromatic N) is 2. The fraction of sp³-hybridized carbons (Fsp3) is 0.0909. The number of hydrazone groups is 1. The van der Waals surface area contributed by atoms with E-state index in [1.165, 1.54) is 16.9 Å². The number of hydrogen-bond donors (Lipinski definition) is 2. The second kappa shape index (κ2) is 5.29. The van der Waals surface area contributed by atoms with Crippen LogP contribution in [0.5, 0.6) is 0 Å². The Labute approximate surface area is 112 Å². The molecule has 0 unspecified atom stereocenters. The van der Waals surface area contributed by atoms with Gasteiger partial charge in [-0.15, -0.1) is 11.3 Å². The summed E-state index contributed by atoms with van der Waals surface area (Å²) in [5, 5.41) is 6.55. The van der Waals surface area contributed by atoms with Crippen molar-refractivity contribution >= 4 is 44.4 Å². The molecule has 0 saturated heterocycles. The number of aromatic nitrogens is 1. The van der Waals surface area contributed by atoms with E-state index < -0.39 is 0 Å². The van der Waals surface area contributed by atoms with Crippen LogP contribution < -0.4 is 11.2 Å². The van der Waals surface area contributed by atoms with Crippen LogP contribution in [0.1, 0.15) is 11.1 Å². The predicted octanol–water partition coefficient (Wildman–Crippen LogP) is 3.24. The van der Waals surface area contributed by atoms with E-state index in [-0.39, 0.29) is 0 Å². The van der Waals surface area contributed by atoms with E-state index in [0.717, 1.165) is 10.0 Å². The van der Waals surface area contributed by atoms with Crippen molar-refractivity contribution in [3.05, 3.63) is 39.2 Å². The van der Waals surface area contributed by atoms with Gasteiger partial charge in [0, 0.05) is 9.85 Å². The summed E-state index contributed by atoms with van der Waals surface area (Å²) < 4.78 is 1.09. The Balaban J connectivity index is 2.03. The van der Waals surface area contributed by atoms with Crippen LogP contribution in [0, 0.1) is 6.92 Å². The van der Waals surface area contributed by atoms with Crippen LogP contribution >= 0.6 is 27.3 Å². The Hall–Kier alpha value is -1.40. The summed E-state index contributed by atoms with van der Waals surface area (Å²) in [6.07, 6.45) is 1.75. The van der Waals surface area contributed by atoms with E-state index in [2.05, 4.69) is 31.4 Å². The summed E-state index contributed by atoms with van der Waals surface area (Å²) in [5.74, 6) is 0.507. The number of nitrogens with one attached hydrogen (secondary N) is 1. The molecular formula is C11H11BrN4S. The van der Waals surface area contributed by atoms with Gasteiger partial charge in [-0.25, -0.2) is 4.98 Å². The second-order valence-electron chi connectivity index (χ2n) is 3.46.